The van der Waals surface area contributed by atoms with Crippen LogP contribution in [0.4, 0.5) is 8.78 Å². The Morgan fingerprint density at radius 1 is 1.14 bits per heavy atom. The van der Waals surface area contributed by atoms with E-state index >= 15 is 0 Å². The highest BCUT2D eigenvalue weighted by Crippen LogP contribution is 2.29. The Morgan fingerprint density at radius 3 is 2.48 bits per heavy atom. The van der Waals surface area contributed by atoms with Crippen molar-refractivity contribution in [1.29, 1.82) is 0 Å². The maximum Gasteiger partial charge on any atom is 0.387 e. The van der Waals surface area contributed by atoms with Gasteiger partial charge in [0, 0.05) is 18.7 Å². The molecule has 0 aliphatic rings. The van der Waals surface area contributed by atoms with Crippen LogP contribution in [0.15, 0.2) is 41.3 Å². The van der Waals surface area contributed by atoms with Gasteiger partial charge in [0.1, 0.15) is 0 Å². The van der Waals surface area contributed by atoms with Crippen molar-refractivity contribution in [1.82, 2.24) is 10.0 Å². The number of halogens is 2. The van der Waals surface area contributed by atoms with Gasteiger partial charge >= 0.3 is 6.61 Å². The fourth-order valence-corrected chi connectivity index (χ4v) is 3.65. The summed E-state index contributed by atoms with van der Waals surface area (Å²) in [5.74, 6) is -0.482. The monoisotopic (exact) mass is 428 g/mol. The highest BCUT2D eigenvalue weighted by Gasteiger charge is 2.17. The Hall–Kier alpha value is -2.72. The van der Waals surface area contributed by atoms with Gasteiger partial charge in [0.25, 0.3) is 5.91 Å². The topological polar surface area (TPSA) is 93.7 Å². The molecule has 0 radical (unpaired) electrons. The molecule has 0 bridgehead atoms. The third kappa shape index (κ3) is 5.88. The molecular formula is C19H22F2N2O5S. The minimum absolute atomic E-state index is 0.00901. The number of nitrogens with one attached hydrogen (secondary N) is 2. The van der Waals surface area contributed by atoms with Crippen LogP contribution in [0.1, 0.15) is 28.4 Å². The van der Waals surface area contributed by atoms with Crippen LogP contribution in [0, 0.1) is 6.92 Å². The normalized spacial score (nSPS) is 11.4. The van der Waals surface area contributed by atoms with Crippen molar-refractivity contribution < 1.29 is 31.5 Å². The van der Waals surface area contributed by atoms with Gasteiger partial charge in [-0.05, 0) is 42.3 Å². The van der Waals surface area contributed by atoms with E-state index < -0.39 is 22.5 Å². The summed E-state index contributed by atoms with van der Waals surface area (Å²) in [4.78, 5) is 12.6. The molecule has 2 rings (SSSR count). The first kappa shape index (κ1) is 22.6. The van der Waals surface area contributed by atoms with Crippen molar-refractivity contribution in [2.75, 3.05) is 13.7 Å². The summed E-state index contributed by atoms with van der Waals surface area (Å²) in [6.07, 6.45) is 0. The molecule has 10 heteroatoms. The Labute approximate surface area is 168 Å². The van der Waals surface area contributed by atoms with Crippen molar-refractivity contribution in [2.45, 2.75) is 31.9 Å². The van der Waals surface area contributed by atoms with Crippen LogP contribution in [0.25, 0.3) is 0 Å². The Kier molecular flexibility index (Phi) is 7.52. The summed E-state index contributed by atoms with van der Waals surface area (Å²) in [5, 5.41) is 2.68. The number of rotatable bonds is 9. The third-order valence-corrected chi connectivity index (χ3v) is 5.54. The summed E-state index contributed by atoms with van der Waals surface area (Å²) in [6, 6.07) is 8.59. The standard InChI is InChI=1S/C19H22F2N2O5S/c1-4-23-29(25,26)14-7-5-12(2)15(10-14)18(24)22-11-13-6-8-16(28-19(20)21)17(9-13)27-3/h5-10,19,23H,4,11H2,1-3H3,(H,22,24). The molecule has 29 heavy (non-hydrogen) atoms. The summed E-state index contributed by atoms with van der Waals surface area (Å²) < 4.78 is 60.9. The zero-order valence-corrected chi connectivity index (χ0v) is 17.0. The SMILES string of the molecule is CCNS(=O)(=O)c1ccc(C)c(C(=O)NCc2ccc(OC(F)F)c(OC)c2)c1. The second kappa shape index (κ2) is 9.66. The molecule has 0 atom stereocenters. The molecule has 0 aliphatic heterocycles. The van der Waals surface area contributed by atoms with E-state index in [-0.39, 0.29) is 35.0 Å². The van der Waals surface area contributed by atoms with Crippen LogP contribution in [0.3, 0.4) is 0 Å². The molecule has 0 saturated heterocycles. The molecule has 2 N–H and O–H groups in total. The van der Waals surface area contributed by atoms with E-state index in [1.54, 1.807) is 19.9 Å². The minimum Gasteiger partial charge on any atom is -0.493 e. The molecule has 0 spiro atoms. The number of amides is 1. The Bertz CT molecular complexity index is 981. The van der Waals surface area contributed by atoms with Crippen LogP contribution >= 0.6 is 0 Å². The number of aryl methyl sites for hydroxylation is 1. The van der Waals surface area contributed by atoms with Crippen molar-refractivity contribution in [3.05, 3.63) is 53.1 Å². The molecule has 0 aliphatic carbocycles. The zero-order chi connectivity index (χ0) is 21.6. The second-order valence-corrected chi connectivity index (χ2v) is 7.79. The lowest BCUT2D eigenvalue weighted by Gasteiger charge is -2.13. The van der Waals surface area contributed by atoms with Crippen LogP contribution in [-0.4, -0.2) is 34.6 Å². The average molecular weight is 428 g/mol. The predicted octanol–water partition coefficient (Wildman–Crippen LogP) is 2.83. The molecule has 1 amide bonds. The molecule has 158 valence electrons. The highest BCUT2D eigenvalue weighted by atomic mass is 32.2. The number of ether oxygens (including phenoxy) is 2. The maximum atomic E-state index is 12.6. The average Bonchev–Trinajstić information content (AvgIpc) is 2.66. The van der Waals surface area contributed by atoms with Crippen LogP contribution in [-0.2, 0) is 16.6 Å². The van der Waals surface area contributed by atoms with Crippen LogP contribution in [0.5, 0.6) is 11.5 Å². The van der Waals surface area contributed by atoms with Crippen molar-refractivity contribution >= 4 is 15.9 Å². The quantitative estimate of drug-likeness (QED) is 0.641. The summed E-state index contributed by atoms with van der Waals surface area (Å²) in [6.45, 7) is 0.672. The van der Waals surface area contributed by atoms with E-state index in [4.69, 9.17) is 4.74 Å². The van der Waals surface area contributed by atoms with Crippen molar-refractivity contribution in [3.8, 4) is 11.5 Å². The molecule has 0 saturated carbocycles. The molecule has 0 aromatic heterocycles. The van der Waals surface area contributed by atoms with Gasteiger partial charge in [-0.1, -0.05) is 19.1 Å². The number of carbonyl (C=O) groups excluding carboxylic acids is 1. The Morgan fingerprint density at radius 2 is 1.86 bits per heavy atom. The van der Waals surface area contributed by atoms with Gasteiger partial charge in [-0.2, -0.15) is 8.78 Å². The molecule has 0 heterocycles. The fourth-order valence-electron chi connectivity index (χ4n) is 2.58. The van der Waals surface area contributed by atoms with Gasteiger partial charge in [0.05, 0.1) is 12.0 Å². The van der Waals surface area contributed by atoms with E-state index in [9.17, 15) is 22.0 Å². The molecule has 0 fully saturated rings. The van der Waals surface area contributed by atoms with E-state index in [2.05, 4.69) is 14.8 Å². The van der Waals surface area contributed by atoms with E-state index in [1.807, 2.05) is 0 Å². The highest BCUT2D eigenvalue weighted by molar-refractivity contribution is 7.89. The van der Waals surface area contributed by atoms with E-state index in [1.165, 1.54) is 37.4 Å². The van der Waals surface area contributed by atoms with Crippen LogP contribution < -0.4 is 19.5 Å². The number of methoxy groups -OCH3 is 1. The van der Waals surface area contributed by atoms with Gasteiger partial charge < -0.3 is 14.8 Å². The molecular weight excluding hydrogens is 406 g/mol. The number of hydrogen-bond donors (Lipinski definition) is 2. The predicted molar refractivity (Wildman–Crippen MR) is 103 cm³/mol. The van der Waals surface area contributed by atoms with Crippen molar-refractivity contribution in [2.24, 2.45) is 0 Å². The van der Waals surface area contributed by atoms with Gasteiger partial charge in [-0.25, -0.2) is 13.1 Å². The van der Waals surface area contributed by atoms with Gasteiger partial charge in [0.15, 0.2) is 11.5 Å². The van der Waals surface area contributed by atoms with Crippen molar-refractivity contribution in [3.63, 3.8) is 0 Å². The zero-order valence-electron chi connectivity index (χ0n) is 16.2. The smallest absolute Gasteiger partial charge is 0.387 e. The van der Waals surface area contributed by atoms with Gasteiger partial charge in [-0.15, -0.1) is 0 Å². The number of alkyl halides is 2. The van der Waals surface area contributed by atoms with E-state index in [0.29, 0.717) is 11.1 Å². The lowest BCUT2D eigenvalue weighted by molar-refractivity contribution is -0.0512. The summed E-state index contributed by atoms with van der Waals surface area (Å²) in [5.41, 5.74) is 1.41. The number of sulfonamides is 1. The maximum absolute atomic E-state index is 12.6. The lowest BCUT2D eigenvalue weighted by atomic mass is 10.1. The van der Waals surface area contributed by atoms with Gasteiger partial charge in [0.2, 0.25) is 10.0 Å². The first-order valence-corrected chi connectivity index (χ1v) is 10.2. The minimum atomic E-state index is -3.70. The summed E-state index contributed by atoms with van der Waals surface area (Å²) in [7, 11) is -2.38. The number of hydrogen-bond acceptors (Lipinski definition) is 5. The molecule has 0 unspecified atom stereocenters. The lowest BCUT2D eigenvalue weighted by Crippen LogP contribution is -2.26. The first-order chi connectivity index (χ1) is 13.7. The summed E-state index contributed by atoms with van der Waals surface area (Å²) >= 11 is 0. The third-order valence-electron chi connectivity index (χ3n) is 4.00. The molecule has 2 aromatic rings. The molecule has 2 aromatic carbocycles. The fraction of sp³-hybridized carbons (Fsp3) is 0.316. The van der Waals surface area contributed by atoms with Crippen LogP contribution in [0.2, 0.25) is 0 Å². The first-order valence-electron chi connectivity index (χ1n) is 8.68. The number of carbonyl (C=O) groups is 1. The second-order valence-electron chi connectivity index (χ2n) is 6.02. The van der Waals surface area contributed by atoms with E-state index in [0.717, 1.165) is 0 Å². The number of benzene rings is 2. The molecule has 7 nitrogen and oxygen atoms in total. The Balaban J connectivity index is 2.17. The van der Waals surface area contributed by atoms with Gasteiger partial charge in [-0.3, -0.25) is 4.79 Å². The largest absolute Gasteiger partial charge is 0.493 e.